The van der Waals surface area contributed by atoms with Crippen LogP contribution in [0.4, 0.5) is 11.4 Å². The van der Waals surface area contributed by atoms with Crippen molar-refractivity contribution in [1.82, 2.24) is 4.90 Å². The van der Waals surface area contributed by atoms with Crippen molar-refractivity contribution in [3.05, 3.63) is 89.1 Å². The molecule has 2 aliphatic rings. The Hall–Kier alpha value is -4.44. The fourth-order valence-corrected chi connectivity index (χ4v) is 6.02. The first-order valence-corrected chi connectivity index (χ1v) is 14.2. The minimum absolute atomic E-state index is 0.211. The maximum Gasteiger partial charge on any atom is 0.263 e. The van der Waals surface area contributed by atoms with E-state index in [0.29, 0.717) is 45.5 Å². The predicted octanol–water partition coefficient (Wildman–Crippen LogP) is 5.73. The minimum atomic E-state index is -0.345. The number of amides is 2. The Kier molecular flexibility index (Phi) is 8.49. The number of fused-ring (bicyclic) bond motifs is 1. The zero-order valence-corrected chi connectivity index (χ0v) is 24.2. The number of nitrogens with one attached hydrogen (secondary N) is 2. The number of ether oxygens (including phenoxy) is 3. The number of rotatable bonds is 8. The Labute approximate surface area is 243 Å². The Morgan fingerprint density at radius 2 is 1.46 bits per heavy atom. The maximum absolute atomic E-state index is 13.7. The van der Waals surface area contributed by atoms with Gasteiger partial charge in [0.1, 0.15) is 22.8 Å². The van der Waals surface area contributed by atoms with Gasteiger partial charge in [0, 0.05) is 23.7 Å². The van der Waals surface area contributed by atoms with E-state index in [1.54, 1.807) is 49.2 Å². The van der Waals surface area contributed by atoms with Crippen molar-refractivity contribution in [3.63, 3.8) is 0 Å². The topological polar surface area (TPSA) is 101 Å². The lowest BCUT2D eigenvalue weighted by Gasteiger charge is -2.41. The van der Waals surface area contributed by atoms with Gasteiger partial charge in [-0.1, -0.05) is 30.0 Å². The van der Waals surface area contributed by atoms with E-state index in [-0.39, 0.29) is 17.9 Å². The Balaban J connectivity index is 1.43. The number of hydrogen-bond acceptors (Lipinski definition) is 8. The lowest BCUT2D eigenvalue weighted by atomic mass is 9.93. The van der Waals surface area contributed by atoms with Crippen LogP contribution in [0.5, 0.6) is 17.2 Å². The molecule has 1 saturated heterocycles. The van der Waals surface area contributed by atoms with Crippen LogP contribution in [0.3, 0.4) is 0 Å². The molecule has 3 aromatic rings. The van der Waals surface area contributed by atoms with E-state index in [9.17, 15) is 9.59 Å². The second-order valence-electron chi connectivity index (χ2n) is 9.49. The normalized spacial score (nSPS) is 16.3. The van der Waals surface area contributed by atoms with Gasteiger partial charge in [0.05, 0.1) is 38.6 Å². The van der Waals surface area contributed by atoms with Crippen LogP contribution in [-0.4, -0.2) is 55.5 Å². The number of methoxy groups -OCH3 is 3. The molecule has 2 aliphatic heterocycles. The zero-order chi connectivity index (χ0) is 28.9. The molecular weight excluding hydrogens is 540 g/mol. The van der Waals surface area contributed by atoms with Crippen molar-refractivity contribution in [2.24, 2.45) is 4.99 Å². The van der Waals surface area contributed by atoms with E-state index in [1.807, 2.05) is 43.3 Å². The van der Waals surface area contributed by atoms with Crippen LogP contribution < -0.4 is 24.8 Å². The second-order valence-corrected chi connectivity index (χ2v) is 10.5. The van der Waals surface area contributed by atoms with E-state index in [0.717, 1.165) is 29.4 Å². The number of carbonyl (C=O) groups excluding carboxylic acids is 2. The molecule has 0 radical (unpaired) electrons. The summed E-state index contributed by atoms with van der Waals surface area (Å²) >= 11 is 1.70. The smallest absolute Gasteiger partial charge is 0.263 e. The number of thioether (sulfide) groups is 1. The Morgan fingerprint density at radius 1 is 0.854 bits per heavy atom. The molecule has 0 aromatic heterocycles. The van der Waals surface area contributed by atoms with Gasteiger partial charge >= 0.3 is 0 Å². The third-order valence-electron chi connectivity index (χ3n) is 6.99. The second kappa shape index (κ2) is 12.4. The van der Waals surface area contributed by atoms with Gasteiger partial charge in [-0.2, -0.15) is 0 Å². The summed E-state index contributed by atoms with van der Waals surface area (Å²) in [6.45, 7) is 2.67. The van der Waals surface area contributed by atoms with E-state index in [4.69, 9.17) is 19.2 Å². The first-order valence-electron chi connectivity index (χ1n) is 13.2. The van der Waals surface area contributed by atoms with Crippen LogP contribution in [0.2, 0.25) is 0 Å². The van der Waals surface area contributed by atoms with Crippen molar-refractivity contribution in [2.75, 3.05) is 44.3 Å². The molecule has 3 aromatic carbocycles. The quantitative estimate of drug-likeness (QED) is 0.356. The third kappa shape index (κ3) is 5.88. The van der Waals surface area contributed by atoms with Crippen molar-refractivity contribution in [2.45, 2.75) is 19.4 Å². The minimum Gasteiger partial charge on any atom is -0.497 e. The fourth-order valence-electron chi connectivity index (χ4n) is 5.00. The predicted molar refractivity (Wildman–Crippen MR) is 162 cm³/mol. The molecule has 212 valence electrons. The summed E-state index contributed by atoms with van der Waals surface area (Å²) in [7, 11) is 4.63. The SMILES string of the molecule is COc1ccc(NC(=O)C2=C(C)N=C3SCCCN3C2c2ccc(NC(=O)c3c(OC)cccc3OC)cc2)cc1. The number of allylic oxidation sites excluding steroid dienone is 1. The molecule has 1 fully saturated rings. The van der Waals surface area contributed by atoms with E-state index >= 15 is 0 Å². The van der Waals surface area contributed by atoms with Crippen LogP contribution >= 0.6 is 11.8 Å². The van der Waals surface area contributed by atoms with Gasteiger partial charge in [-0.25, -0.2) is 4.99 Å². The molecule has 10 heteroatoms. The molecular formula is C31H32N4O5S. The molecule has 5 rings (SSSR count). The highest BCUT2D eigenvalue weighted by Crippen LogP contribution is 2.40. The first-order chi connectivity index (χ1) is 19.9. The summed E-state index contributed by atoms with van der Waals surface area (Å²) in [6, 6.07) is 19.7. The number of hydrogen-bond donors (Lipinski definition) is 2. The maximum atomic E-state index is 13.7. The molecule has 41 heavy (non-hydrogen) atoms. The number of benzene rings is 3. The van der Waals surface area contributed by atoms with E-state index in [2.05, 4.69) is 15.5 Å². The Morgan fingerprint density at radius 3 is 2.07 bits per heavy atom. The van der Waals surface area contributed by atoms with Crippen LogP contribution in [0.15, 0.2) is 83.0 Å². The summed E-state index contributed by atoms with van der Waals surface area (Å²) in [5.41, 5.74) is 3.78. The molecule has 0 bridgehead atoms. The van der Waals surface area contributed by atoms with Crippen LogP contribution in [0, 0.1) is 0 Å². The third-order valence-corrected chi connectivity index (χ3v) is 8.07. The van der Waals surface area contributed by atoms with Crippen molar-refractivity contribution in [1.29, 1.82) is 0 Å². The molecule has 0 spiro atoms. The van der Waals surface area contributed by atoms with Gasteiger partial charge in [0.2, 0.25) is 0 Å². The molecule has 9 nitrogen and oxygen atoms in total. The molecule has 2 N–H and O–H groups in total. The lowest BCUT2D eigenvalue weighted by Crippen LogP contribution is -2.43. The lowest BCUT2D eigenvalue weighted by molar-refractivity contribution is -0.113. The molecule has 0 saturated carbocycles. The number of aliphatic imine (C=N–C) groups is 1. The molecule has 2 amide bonds. The van der Waals surface area contributed by atoms with Crippen molar-refractivity contribution < 1.29 is 23.8 Å². The highest BCUT2D eigenvalue weighted by atomic mass is 32.2. The van der Waals surface area contributed by atoms with Crippen LogP contribution in [0.25, 0.3) is 0 Å². The number of amidine groups is 1. The van der Waals surface area contributed by atoms with E-state index in [1.165, 1.54) is 14.2 Å². The van der Waals surface area contributed by atoms with Crippen molar-refractivity contribution >= 4 is 40.1 Å². The molecule has 0 aliphatic carbocycles. The largest absolute Gasteiger partial charge is 0.497 e. The summed E-state index contributed by atoms with van der Waals surface area (Å²) in [5, 5.41) is 6.88. The number of nitrogens with zero attached hydrogens (tertiary/aromatic N) is 2. The summed E-state index contributed by atoms with van der Waals surface area (Å²) in [4.78, 5) is 33.9. The highest BCUT2D eigenvalue weighted by molar-refractivity contribution is 8.13. The van der Waals surface area contributed by atoms with Gasteiger partial charge in [-0.15, -0.1) is 0 Å². The molecule has 2 heterocycles. The van der Waals surface area contributed by atoms with Crippen LogP contribution in [0.1, 0.15) is 35.3 Å². The number of anilines is 2. The van der Waals surface area contributed by atoms with Gasteiger partial charge in [0.15, 0.2) is 5.17 Å². The summed E-state index contributed by atoms with van der Waals surface area (Å²) < 4.78 is 16.0. The van der Waals surface area contributed by atoms with Gasteiger partial charge in [-0.05, 0) is 67.4 Å². The van der Waals surface area contributed by atoms with Crippen LogP contribution in [-0.2, 0) is 4.79 Å². The standard InChI is InChI=1S/C31H32N4O5S/c1-19-26(29(36)33-22-13-15-23(38-2)16-14-22)28(35-17-6-18-41-31(35)32-19)20-9-11-21(12-10-20)34-30(37)27-24(39-3)7-5-8-25(27)40-4/h5,7-16,28H,6,17-18H2,1-4H3,(H,33,36)(H,34,37). The molecule has 1 atom stereocenters. The summed E-state index contributed by atoms with van der Waals surface area (Å²) in [5.74, 6) is 1.98. The first kappa shape index (κ1) is 28.1. The monoisotopic (exact) mass is 572 g/mol. The van der Waals surface area contributed by atoms with Gasteiger partial charge in [0.25, 0.3) is 11.8 Å². The van der Waals surface area contributed by atoms with Gasteiger partial charge < -0.3 is 29.7 Å². The number of carbonyl (C=O) groups is 2. The Bertz CT molecular complexity index is 1480. The zero-order valence-electron chi connectivity index (χ0n) is 23.4. The summed E-state index contributed by atoms with van der Waals surface area (Å²) in [6.07, 6.45) is 0.988. The average molecular weight is 573 g/mol. The van der Waals surface area contributed by atoms with Gasteiger partial charge in [-0.3, -0.25) is 9.59 Å². The van der Waals surface area contributed by atoms with E-state index < -0.39 is 0 Å². The highest BCUT2D eigenvalue weighted by Gasteiger charge is 2.37. The molecule has 1 unspecified atom stereocenters. The van der Waals surface area contributed by atoms with Crippen molar-refractivity contribution in [3.8, 4) is 17.2 Å². The average Bonchev–Trinajstić information content (AvgIpc) is 3.00. The fraction of sp³-hybridized carbons (Fsp3) is 0.258.